The second-order valence-corrected chi connectivity index (χ2v) is 4.92. The Kier molecular flexibility index (Phi) is 5.14. The average Bonchev–Trinajstić information content (AvgIpc) is 2.93. The molecule has 0 spiro atoms. The van der Waals surface area contributed by atoms with E-state index in [2.05, 4.69) is 17.2 Å². The number of halogens is 1. The van der Waals surface area contributed by atoms with Gasteiger partial charge in [0.05, 0.1) is 12.2 Å². The van der Waals surface area contributed by atoms with Crippen molar-refractivity contribution < 1.29 is 14.3 Å². The minimum atomic E-state index is -0.505. The molecule has 106 valence electrons. The molecule has 0 heterocycles. The first kappa shape index (κ1) is 14.5. The average molecular weight is 275 g/mol. The molecule has 1 aliphatic rings. The standard InChI is InChI=1S/C16H18FNO2/c17-15-11-13(9-8-12(15)5-3-4-10-19)16(20)18-14-6-1-2-7-14/h8-9,11,14,19H,1-2,4,6-7,10H2,(H,18,20). The molecule has 0 saturated heterocycles. The van der Waals surface area contributed by atoms with Crippen molar-refractivity contribution in [2.24, 2.45) is 0 Å². The summed E-state index contributed by atoms with van der Waals surface area (Å²) in [6.45, 7) is -0.0451. The summed E-state index contributed by atoms with van der Waals surface area (Å²) in [4.78, 5) is 12.0. The number of benzene rings is 1. The molecule has 0 unspecified atom stereocenters. The van der Waals surface area contributed by atoms with E-state index >= 15 is 0 Å². The summed E-state index contributed by atoms with van der Waals surface area (Å²) in [7, 11) is 0. The van der Waals surface area contributed by atoms with Gasteiger partial charge in [-0.1, -0.05) is 24.7 Å². The normalized spacial score (nSPS) is 14.7. The fourth-order valence-corrected chi connectivity index (χ4v) is 2.31. The molecule has 20 heavy (non-hydrogen) atoms. The van der Waals surface area contributed by atoms with Gasteiger partial charge in [-0.05, 0) is 31.0 Å². The summed E-state index contributed by atoms with van der Waals surface area (Å²) in [5.41, 5.74) is 0.568. The molecule has 1 aromatic carbocycles. The number of hydrogen-bond acceptors (Lipinski definition) is 2. The summed E-state index contributed by atoms with van der Waals surface area (Å²) in [6, 6.07) is 4.52. The first-order valence-electron chi connectivity index (χ1n) is 6.91. The van der Waals surface area contributed by atoms with Crippen molar-refractivity contribution in [1.82, 2.24) is 5.32 Å². The van der Waals surface area contributed by atoms with Gasteiger partial charge in [0.2, 0.25) is 0 Å². The van der Waals surface area contributed by atoms with E-state index in [4.69, 9.17) is 5.11 Å². The second kappa shape index (κ2) is 7.06. The van der Waals surface area contributed by atoms with Crippen LogP contribution in [0, 0.1) is 17.7 Å². The maximum atomic E-state index is 13.8. The zero-order chi connectivity index (χ0) is 14.4. The minimum absolute atomic E-state index is 0.0451. The van der Waals surface area contributed by atoms with Crippen LogP contribution >= 0.6 is 0 Å². The predicted molar refractivity (Wildman–Crippen MR) is 74.7 cm³/mol. The fourth-order valence-electron chi connectivity index (χ4n) is 2.31. The Morgan fingerprint density at radius 1 is 1.40 bits per heavy atom. The zero-order valence-corrected chi connectivity index (χ0v) is 11.3. The van der Waals surface area contributed by atoms with E-state index < -0.39 is 5.82 Å². The predicted octanol–water partition coefficient (Wildman–Crippen LogP) is 2.23. The van der Waals surface area contributed by atoms with Gasteiger partial charge in [-0.25, -0.2) is 4.39 Å². The largest absolute Gasteiger partial charge is 0.395 e. The maximum Gasteiger partial charge on any atom is 0.251 e. The lowest BCUT2D eigenvalue weighted by atomic mass is 10.1. The molecule has 0 aromatic heterocycles. The van der Waals surface area contributed by atoms with Crippen LogP contribution in [-0.4, -0.2) is 23.7 Å². The van der Waals surface area contributed by atoms with Crippen molar-refractivity contribution >= 4 is 5.91 Å². The van der Waals surface area contributed by atoms with Crippen molar-refractivity contribution in [2.75, 3.05) is 6.61 Å². The quantitative estimate of drug-likeness (QED) is 0.831. The van der Waals surface area contributed by atoms with Crippen LogP contribution in [0.3, 0.4) is 0 Å². The smallest absolute Gasteiger partial charge is 0.251 e. The first-order chi connectivity index (χ1) is 9.70. The van der Waals surface area contributed by atoms with Crippen LogP contribution in [0.4, 0.5) is 4.39 Å². The van der Waals surface area contributed by atoms with Gasteiger partial charge in [0.25, 0.3) is 5.91 Å². The lowest BCUT2D eigenvalue weighted by molar-refractivity contribution is 0.0937. The molecule has 2 N–H and O–H groups in total. The van der Waals surface area contributed by atoms with Gasteiger partial charge in [0.15, 0.2) is 0 Å². The molecule has 4 heteroatoms. The van der Waals surface area contributed by atoms with E-state index in [-0.39, 0.29) is 24.1 Å². The topological polar surface area (TPSA) is 49.3 Å². The Morgan fingerprint density at radius 2 is 2.15 bits per heavy atom. The molecular weight excluding hydrogens is 257 g/mol. The molecule has 2 rings (SSSR count). The number of amides is 1. The van der Waals surface area contributed by atoms with Crippen molar-refractivity contribution in [1.29, 1.82) is 0 Å². The van der Waals surface area contributed by atoms with E-state index in [9.17, 15) is 9.18 Å². The van der Waals surface area contributed by atoms with Gasteiger partial charge in [-0.3, -0.25) is 4.79 Å². The lowest BCUT2D eigenvalue weighted by Gasteiger charge is -2.11. The highest BCUT2D eigenvalue weighted by Gasteiger charge is 2.18. The summed E-state index contributed by atoms with van der Waals surface area (Å²) in [5, 5.41) is 11.5. The zero-order valence-electron chi connectivity index (χ0n) is 11.3. The van der Waals surface area contributed by atoms with Crippen LogP contribution in [0.15, 0.2) is 18.2 Å². The van der Waals surface area contributed by atoms with Crippen LogP contribution in [0.2, 0.25) is 0 Å². The van der Waals surface area contributed by atoms with E-state index in [1.807, 2.05) is 0 Å². The molecule has 1 aliphatic carbocycles. The van der Waals surface area contributed by atoms with Crippen molar-refractivity contribution in [3.8, 4) is 11.8 Å². The van der Waals surface area contributed by atoms with Crippen LogP contribution in [0.25, 0.3) is 0 Å². The number of nitrogens with one attached hydrogen (secondary N) is 1. The van der Waals surface area contributed by atoms with Gasteiger partial charge >= 0.3 is 0 Å². The van der Waals surface area contributed by atoms with Crippen LogP contribution < -0.4 is 5.32 Å². The van der Waals surface area contributed by atoms with E-state index in [1.165, 1.54) is 12.1 Å². The Morgan fingerprint density at radius 3 is 2.80 bits per heavy atom. The molecule has 1 aromatic rings. The third-order valence-corrected chi connectivity index (χ3v) is 3.38. The Labute approximate surface area is 118 Å². The molecule has 0 aliphatic heterocycles. The molecule has 1 saturated carbocycles. The highest BCUT2D eigenvalue weighted by atomic mass is 19.1. The first-order valence-corrected chi connectivity index (χ1v) is 6.91. The Balaban J connectivity index is 2.04. The summed E-state index contributed by atoms with van der Waals surface area (Å²) in [5.74, 6) is 4.56. The highest BCUT2D eigenvalue weighted by molar-refractivity contribution is 5.94. The van der Waals surface area contributed by atoms with E-state index in [0.29, 0.717) is 12.0 Å². The van der Waals surface area contributed by atoms with Gasteiger partial charge in [0.1, 0.15) is 5.82 Å². The van der Waals surface area contributed by atoms with Crippen LogP contribution in [-0.2, 0) is 0 Å². The Hall–Kier alpha value is -1.86. The van der Waals surface area contributed by atoms with Crippen LogP contribution in [0.5, 0.6) is 0 Å². The van der Waals surface area contributed by atoms with Crippen molar-refractivity contribution in [3.63, 3.8) is 0 Å². The number of rotatable bonds is 3. The van der Waals surface area contributed by atoms with Gasteiger partial charge in [-0.15, -0.1) is 0 Å². The van der Waals surface area contributed by atoms with Gasteiger partial charge in [0, 0.05) is 18.0 Å². The number of aliphatic hydroxyl groups excluding tert-OH is 1. The molecule has 0 atom stereocenters. The van der Waals surface area contributed by atoms with Crippen LogP contribution in [0.1, 0.15) is 48.0 Å². The Bertz CT molecular complexity index is 539. The van der Waals surface area contributed by atoms with E-state index in [1.54, 1.807) is 6.07 Å². The molecular formula is C16H18FNO2. The fraction of sp³-hybridized carbons (Fsp3) is 0.438. The third-order valence-electron chi connectivity index (χ3n) is 3.38. The van der Waals surface area contributed by atoms with Gasteiger partial charge in [-0.2, -0.15) is 0 Å². The second-order valence-electron chi connectivity index (χ2n) is 4.92. The lowest BCUT2D eigenvalue weighted by Crippen LogP contribution is -2.32. The summed E-state index contributed by atoms with van der Waals surface area (Å²) >= 11 is 0. The number of hydrogen-bond donors (Lipinski definition) is 2. The van der Waals surface area contributed by atoms with Gasteiger partial charge < -0.3 is 10.4 Å². The molecule has 0 radical (unpaired) electrons. The van der Waals surface area contributed by atoms with E-state index in [0.717, 1.165) is 25.7 Å². The molecule has 1 fully saturated rings. The highest BCUT2D eigenvalue weighted by Crippen LogP contribution is 2.18. The molecule has 1 amide bonds. The number of carbonyl (C=O) groups excluding carboxylic acids is 1. The molecule has 0 bridgehead atoms. The molecule has 3 nitrogen and oxygen atoms in total. The summed E-state index contributed by atoms with van der Waals surface area (Å²) < 4.78 is 13.8. The van der Waals surface area contributed by atoms with Crippen molar-refractivity contribution in [3.05, 3.63) is 35.1 Å². The number of aliphatic hydroxyl groups is 1. The third kappa shape index (κ3) is 3.82. The number of carbonyl (C=O) groups is 1. The maximum absolute atomic E-state index is 13.8. The van der Waals surface area contributed by atoms with Crippen molar-refractivity contribution in [2.45, 2.75) is 38.1 Å². The summed E-state index contributed by atoms with van der Waals surface area (Å²) in [6.07, 6.45) is 4.58. The minimum Gasteiger partial charge on any atom is -0.395 e. The monoisotopic (exact) mass is 275 g/mol. The SMILES string of the molecule is O=C(NC1CCCC1)c1ccc(C#CCCO)c(F)c1.